The Hall–Kier alpha value is -2.49. The first-order valence-corrected chi connectivity index (χ1v) is 7.87. The molecule has 0 fully saturated rings. The van der Waals surface area contributed by atoms with Gasteiger partial charge in [0, 0.05) is 5.69 Å². The third kappa shape index (κ3) is 4.74. The Labute approximate surface area is 137 Å². The van der Waals surface area contributed by atoms with Crippen molar-refractivity contribution >= 4 is 17.3 Å². The molecular formula is C19H24N2O2. The lowest BCUT2D eigenvalue weighted by molar-refractivity contribution is -0.116. The number of anilines is 2. The molecule has 0 radical (unpaired) electrons. The van der Waals surface area contributed by atoms with Crippen LogP contribution < -0.4 is 15.4 Å². The average molecular weight is 312 g/mol. The molecule has 1 amide bonds. The van der Waals surface area contributed by atoms with Crippen LogP contribution in [0.25, 0.3) is 0 Å². The van der Waals surface area contributed by atoms with Gasteiger partial charge in [-0.05, 0) is 63.1 Å². The largest absolute Gasteiger partial charge is 0.492 e. The molecule has 0 aliphatic carbocycles. The molecule has 0 bridgehead atoms. The van der Waals surface area contributed by atoms with Crippen LogP contribution in [0.3, 0.4) is 0 Å². The molecule has 23 heavy (non-hydrogen) atoms. The fourth-order valence-corrected chi connectivity index (χ4v) is 2.47. The van der Waals surface area contributed by atoms with E-state index in [1.807, 2.05) is 64.1 Å². The number of carbonyl (C=O) groups excluding carboxylic acids is 1. The zero-order valence-electron chi connectivity index (χ0n) is 14.1. The van der Waals surface area contributed by atoms with Gasteiger partial charge >= 0.3 is 0 Å². The minimum atomic E-state index is -0.356. The van der Waals surface area contributed by atoms with Crippen molar-refractivity contribution in [3.8, 4) is 5.75 Å². The molecule has 0 saturated heterocycles. The van der Waals surface area contributed by atoms with E-state index in [0.29, 0.717) is 18.0 Å². The predicted molar refractivity (Wildman–Crippen MR) is 95.2 cm³/mol. The van der Waals surface area contributed by atoms with Crippen molar-refractivity contribution in [3.05, 3.63) is 53.6 Å². The van der Waals surface area contributed by atoms with Crippen molar-refractivity contribution in [2.45, 2.75) is 33.7 Å². The van der Waals surface area contributed by atoms with Gasteiger partial charge in [0.2, 0.25) is 5.91 Å². The zero-order chi connectivity index (χ0) is 16.8. The molecular weight excluding hydrogens is 288 g/mol. The maximum absolute atomic E-state index is 12.4. The van der Waals surface area contributed by atoms with Gasteiger partial charge in [-0.1, -0.05) is 18.2 Å². The summed E-state index contributed by atoms with van der Waals surface area (Å²) in [5.41, 5.74) is 3.97. The third-order valence-corrected chi connectivity index (χ3v) is 3.44. The van der Waals surface area contributed by atoms with E-state index in [1.165, 1.54) is 11.1 Å². The first kappa shape index (κ1) is 16.9. The second-order valence-corrected chi connectivity index (χ2v) is 5.66. The highest BCUT2D eigenvalue weighted by Gasteiger charge is 2.15. The number of aryl methyl sites for hydroxylation is 2. The van der Waals surface area contributed by atoms with E-state index in [2.05, 4.69) is 16.7 Å². The topological polar surface area (TPSA) is 50.4 Å². The van der Waals surface area contributed by atoms with Crippen LogP contribution >= 0.6 is 0 Å². The van der Waals surface area contributed by atoms with E-state index < -0.39 is 0 Å². The van der Waals surface area contributed by atoms with Gasteiger partial charge in [0.1, 0.15) is 11.8 Å². The summed E-state index contributed by atoms with van der Waals surface area (Å²) in [5.74, 6) is 0.582. The number of ether oxygens (including phenoxy) is 1. The van der Waals surface area contributed by atoms with E-state index in [4.69, 9.17) is 4.74 Å². The van der Waals surface area contributed by atoms with Gasteiger partial charge in [-0.25, -0.2) is 0 Å². The number of rotatable bonds is 6. The van der Waals surface area contributed by atoms with E-state index in [9.17, 15) is 4.79 Å². The molecule has 1 unspecified atom stereocenters. The van der Waals surface area contributed by atoms with Gasteiger partial charge in [0.15, 0.2) is 0 Å². The Morgan fingerprint density at radius 3 is 2.43 bits per heavy atom. The van der Waals surface area contributed by atoms with Gasteiger partial charge in [0.05, 0.1) is 12.3 Å². The summed E-state index contributed by atoms with van der Waals surface area (Å²) in [6.07, 6.45) is 0. The maximum atomic E-state index is 12.4. The first-order valence-electron chi connectivity index (χ1n) is 7.87. The van der Waals surface area contributed by atoms with Crippen LogP contribution in [-0.2, 0) is 4.79 Å². The number of hydrogen-bond donors (Lipinski definition) is 2. The quantitative estimate of drug-likeness (QED) is 0.843. The summed E-state index contributed by atoms with van der Waals surface area (Å²) in [6, 6.07) is 13.3. The summed E-state index contributed by atoms with van der Waals surface area (Å²) in [7, 11) is 0. The number of hydrogen-bond acceptors (Lipinski definition) is 3. The lowest BCUT2D eigenvalue weighted by atomic mass is 10.1. The lowest BCUT2D eigenvalue weighted by Gasteiger charge is -2.17. The first-order chi connectivity index (χ1) is 11.0. The predicted octanol–water partition coefficient (Wildman–Crippen LogP) is 4.14. The number of benzene rings is 2. The highest BCUT2D eigenvalue weighted by molar-refractivity contribution is 5.97. The average Bonchev–Trinajstić information content (AvgIpc) is 2.48. The van der Waals surface area contributed by atoms with Crippen molar-refractivity contribution in [3.63, 3.8) is 0 Å². The second-order valence-electron chi connectivity index (χ2n) is 5.66. The Morgan fingerprint density at radius 1 is 1.13 bits per heavy atom. The fraction of sp³-hybridized carbons (Fsp3) is 0.316. The third-order valence-electron chi connectivity index (χ3n) is 3.44. The van der Waals surface area contributed by atoms with Crippen LogP contribution in [0.2, 0.25) is 0 Å². The molecule has 0 saturated carbocycles. The number of nitrogens with one attached hydrogen (secondary N) is 2. The molecule has 4 heteroatoms. The van der Waals surface area contributed by atoms with Crippen molar-refractivity contribution < 1.29 is 9.53 Å². The fourth-order valence-electron chi connectivity index (χ4n) is 2.47. The molecule has 4 nitrogen and oxygen atoms in total. The number of amides is 1. The molecule has 0 aliphatic rings. The minimum absolute atomic E-state index is 0.101. The molecule has 2 N–H and O–H groups in total. The van der Waals surface area contributed by atoms with Crippen LogP contribution in [0.4, 0.5) is 11.4 Å². The maximum Gasteiger partial charge on any atom is 0.246 e. The molecule has 2 aromatic rings. The standard InChI is InChI=1S/C19H24N2O2/c1-5-23-18-9-7-6-8-17(18)21-19(22)15(4)20-16-11-13(2)10-14(3)12-16/h6-12,15,20H,5H2,1-4H3,(H,21,22). The molecule has 0 aliphatic heterocycles. The number of carbonyl (C=O) groups is 1. The van der Waals surface area contributed by atoms with E-state index in [-0.39, 0.29) is 11.9 Å². The van der Waals surface area contributed by atoms with E-state index >= 15 is 0 Å². The molecule has 1 atom stereocenters. The SMILES string of the molecule is CCOc1ccccc1NC(=O)C(C)Nc1cc(C)cc(C)c1. The summed E-state index contributed by atoms with van der Waals surface area (Å²) in [6.45, 7) is 8.41. The van der Waals surface area contributed by atoms with Gasteiger partial charge in [-0.2, -0.15) is 0 Å². The zero-order valence-corrected chi connectivity index (χ0v) is 14.1. The van der Waals surface area contributed by atoms with Crippen molar-refractivity contribution in [1.29, 1.82) is 0 Å². The molecule has 2 aromatic carbocycles. The summed E-state index contributed by atoms with van der Waals surface area (Å²) in [5, 5.41) is 6.16. The van der Waals surface area contributed by atoms with Crippen LogP contribution in [0.15, 0.2) is 42.5 Å². The summed E-state index contributed by atoms with van der Waals surface area (Å²) >= 11 is 0. The second kappa shape index (κ2) is 7.68. The van der Waals surface area contributed by atoms with E-state index in [0.717, 1.165) is 5.69 Å². The van der Waals surface area contributed by atoms with Gasteiger partial charge in [-0.15, -0.1) is 0 Å². The highest BCUT2D eigenvalue weighted by Crippen LogP contribution is 2.24. The van der Waals surface area contributed by atoms with Crippen molar-refractivity contribution in [1.82, 2.24) is 0 Å². The molecule has 122 valence electrons. The minimum Gasteiger partial charge on any atom is -0.492 e. The van der Waals surface area contributed by atoms with Gasteiger partial charge in [-0.3, -0.25) is 4.79 Å². The van der Waals surface area contributed by atoms with Gasteiger partial charge < -0.3 is 15.4 Å². The Balaban J connectivity index is 2.05. The Morgan fingerprint density at radius 2 is 1.78 bits per heavy atom. The van der Waals surface area contributed by atoms with Crippen LogP contribution in [-0.4, -0.2) is 18.6 Å². The molecule has 2 rings (SSSR count). The highest BCUT2D eigenvalue weighted by atomic mass is 16.5. The van der Waals surface area contributed by atoms with Crippen LogP contribution in [0, 0.1) is 13.8 Å². The Bertz CT molecular complexity index is 663. The van der Waals surface area contributed by atoms with E-state index in [1.54, 1.807) is 0 Å². The van der Waals surface area contributed by atoms with Crippen LogP contribution in [0.1, 0.15) is 25.0 Å². The molecule has 0 heterocycles. The Kier molecular flexibility index (Phi) is 5.63. The van der Waals surface area contributed by atoms with Crippen molar-refractivity contribution in [2.75, 3.05) is 17.2 Å². The lowest BCUT2D eigenvalue weighted by Crippen LogP contribution is -2.32. The summed E-state index contributed by atoms with van der Waals surface area (Å²) in [4.78, 5) is 12.4. The van der Waals surface area contributed by atoms with Crippen LogP contribution in [0.5, 0.6) is 5.75 Å². The normalized spacial score (nSPS) is 11.7. The van der Waals surface area contributed by atoms with Crippen molar-refractivity contribution in [2.24, 2.45) is 0 Å². The van der Waals surface area contributed by atoms with Gasteiger partial charge in [0.25, 0.3) is 0 Å². The smallest absolute Gasteiger partial charge is 0.246 e. The monoisotopic (exact) mass is 312 g/mol. The number of para-hydroxylation sites is 2. The molecule has 0 aromatic heterocycles. The molecule has 0 spiro atoms. The summed E-state index contributed by atoms with van der Waals surface area (Å²) < 4.78 is 5.53.